The first-order valence-electron chi connectivity index (χ1n) is 5.85. The molecule has 1 aromatic rings. The summed E-state index contributed by atoms with van der Waals surface area (Å²) in [5, 5.41) is 3.01. The van der Waals surface area contributed by atoms with Gasteiger partial charge in [0.1, 0.15) is 0 Å². The molecule has 0 spiro atoms. The second-order valence-corrected chi connectivity index (χ2v) is 6.39. The molecule has 0 aliphatic rings. The summed E-state index contributed by atoms with van der Waals surface area (Å²) >= 11 is 0. The Kier molecular flexibility index (Phi) is 5.08. The van der Waals surface area contributed by atoms with Gasteiger partial charge in [-0.2, -0.15) is 0 Å². The lowest BCUT2D eigenvalue weighted by molar-refractivity contribution is 0.591. The SMILES string of the molecule is CCNCCS(=O)(=O)c1cncc(C(C)C)c1. The van der Waals surface area contributed by atoms with Gasteiger partial charge in [-0.3, -0.25) is 4.98 Å². The third-order valence-corrected chi connectivity index (χ3v) is 4.24. The van der Waals surface area contributed by atoms with Crippen LogP contribution in [0.5, 0.6) is 0 Å². The molecule has 0 aliphatic carbocycles. The third-order valence-electron chi connectivity index (χ3n) is 2.56. The first-order valence-corrected chi connectivity index (χ1v) is 7.51. The maximum atomic E-state index is 12.0. The van der Waals surface area contributed by atoms with Crippen molar-refractivity contribution in [1.82, 2.24) is 10.3 Å². The smallest absolute Gasteiger partial charge is 0.181 e. The Balaban J connectivity index is 2.87. The predicted molar refractivity (Wildman–Crippen MR) is 68.9 cm³/mol. The molecule has 0 unspecified atom stereocenters. The summed E-state index contributed by atoms with van der Waals surface area (Å²) in [5.41, 5.74) is 0.953. The van der Waals surface area contributed by atoms with Crippen LogP contribution in [0.1, 0.15) is 32.3 Å². The number of aromatic nitrogens is 1. The van der Waals surface area contributed by atoms with Crippen molar-refractivity contribution >= 4 is 9.84 Å². The van der Waals surface area contributed by atoms with Gasteiger partial charge < -0.3 is 5.32 Å². The van der Waals surface area contributed by atoms with Crippen molar-refractivity contribution in [2.24, 2.45) is 0 Å². The van der Waals surface area contributed by atoms with Gasteiger partial charge >= 0.3 is 0 Å². The number of pyridine rings is 1. The van der Waals surface area contributed by atoms with Crippen molar-refractivity contribution in [3.8, 4) is 0 Å². The van der Waals surface area contributed by atoms with E-state index < -0.39 is 9.84 Å². The summed E-state index contributed by atoms with van der Waals surface area (Å²) in [6.07, 6.45) is 3.14. The van der Waals surface area contributed by atoms with Gasteiger partial charge in [0, 0.05) is 18.9 Å². The topological polar surface area (TPSA) is 59.1 Å². The zero-order chi connectivity index (χ0) is 12.9. The van der Waals surface area contributed by atoms with Crippen LogP contribution in [0, 0.1) is 0 Å². The van der Waals surface area contributed by atoms with Crippen molar-refractivity contribution in [2.45, 2.75) is 31.6 Å². The second kappa shape index (κ2) is 6.12. The fourth-order valence-electron chi connectivity index (χ4n) is 1.42. The van der Waals surface area contributed by atoms with Gasteiger partial charge in [-0.15, -0.1) is 0 Å². The van der Waals surface area contributed by atoms with Gasteiger partial charge in [0.05, 0.1) is 10.6 Å². The maximum Gasteiger partial charge on any atom is 0.181 e. The van der Waals surface area contributed by atoms with Crippen LogP contribution in [0.2, 0.25) is 0 Å². The van der Waals surface area contributed by atoms with E-state index in [2.05, 4.69) is 10.3 Å². The van der Waals surface area contributed by atoms with Crippen molar-refractivity contribution in [3.05, 3.63) is 24.0 Å². The van der Waals surface area contributed by atoms with Crippen LogP contribution in [-0.4, -0.2) is 32.2 Å². The zero-order valence-corrected chi connectivity index (χ0v) is 11.4. The van der Waals surface area contributed by atoms with Gasteiger partial charge in [0.25, 0.3) is 0 Å². The van der Waals surface area contributed by atoms with Crippen LogP contribution in [0.4, 0.5) is 0 Å². The molecule has 1 aromatic heterocycles. The molecular weight excluding hydrogens is 236 g/mol. The van der Waals surface area contributed by atoms with Gasteiger partial charge in [-0.25, -0.2) is 8.42 Å². The Labute approximate surface area is 103 Å². The first-order chi connectivity index (χ1) is 7.97. The van der Waals surface area contributed by atoms with Crippen molar-refractivity contribution in [2.75, 3.05) is 18.8 Å². The Bertz CT molecular complexity index is 455. The van der Waals surface area contributed by atoms with Crippen LogP contribution >= 0.6 is 0 Å². The monoisotopic (exact) mass is 256 g/mol. The van der Waals surface area contributed by atoms with Crippen LogP contribution in [0.15, 0.2) is 23.4 Å². The molecule has 0 saturated carbocycles. The number of nitrogens with one attached hydrogen (secondary N) is 1. The molecule has 4 nitrogen and oxygen atoms in total. The molecule has 0 radical (unpaired) electrons. The molecule has 0 saturated heterocycles. The van der Waals surface area contributed by atoms with E-state index in [1.165, 1.54) is 6.20 Å². The molecule has 0 atom stereocenters. The molecular formula is C12H20N2O2S. The molecule has 0 bridgehead atoms. The molecule has 0 aliphatic heterocycles. The highest BCUT2D eigenvalue weighted by atomic mass is 32.2. The van der Waals surface area contributed by atoms with Gasteiger partial charge in [0.2, 0.25) is 0 Å². The van der Waals surface area contributed by atoms with E-state index in [4.69, 9.17) is 0 Å². The molecule has 1 rings (SSSR count). The van der Waals surface area contributed by atoms with Gasteiger partial charge in [0.15, 0.2) is 9.84 Å². The highest BCUT2D eigenvalue weighted by molar-refractivity contribution is 7.91. The Morgan fingerprint density at radius 1 is 1.35 bits per heavy atom. The van der Waals surface area contributed by atoms with Crippen molar-refractivity contribution in [3.63, 3.8) is 0 Å². The van der Waals surface area contributed by atoms with Crippen LogP contribution in [0.3, 0.4) is 0 Å². The molecule has 1 heterocycles. The van der Waals surface area contributed by atoms with E-state index in [1.807, 2.05) is 20.8 Å². The summed E-state index contributed by atoms with van der Waals surface area (Å²) < 4.78 is 24.0. The highest BCUT2D eigenvalue weighted by Gasteiger charge is 2.15. The van der Waals surface area contributed by atoms with Gasteiger partial charge in [-0.1, -0.05) is 20.8 Å². The zero-order valence-electron chi connectivity index (χ0n) is 10.6. The summed E-state index contributed by atoms with van der Waals surface area (Å²) in [4.78, 5) is 4.32. The van der Waals surface area contributed by atoms with E-state index in [9.17, 15) is 8.42 Å². The predicted octanol–water partition coefficient (Wildman–Crippen LogP) is 1.59. The average Bonchev–Trinajstić information content (AvgIpc) is 2.29. The van der Waals surface area contributed by atoms with Crippen molar-refractivity contribution in [1.29, 1.82) is 0 Å². The lowest BCUT2D eigenvalue weighted by Crippen LogP contribution is -2.22. The molecule has 0 fully saturated rings. The van der Waals surface area contributed by atoms with Crippen LogP contribution in [-0.2, 0) is 9.84 Å². The van der Waals surface area contributed by atoms with E-state index >= 15 is 0 Å². The number of sulfone groups is 1. The van der Waals surface area contributed by atoms with E-state index in [0.717, 1.165) is 12.1 Å². The van der Waals surface area contributed by atoms with Gasteiger partial charge in [-0.05, 0) is 24.1 Å². The summed E-state index contributed by atoms with van der Waals surface area (Å²) in [6, 6.07) is 1.72. The molecule has 5 heteroatoms. The quantitative estimate of drug-likeness (QED) is 0.785. The largest absolute Gasteiger partial charge is 0.316 e. The third kappa shape index (κ3) is 4.09. The second-order valence-electron chi connectivity index (χ2n) is 4.28. The van der Waals surface area contributed by atoms with E-state index in [1.54, 1.807) is 12.3 Å². The minimum atomic E-state index is -3.21. The highest BCUT2D eigenvalue weighted by Crippen LogP contribution is 2.17. The number of rotatable bonds is 6. The lowest BCUT2D eigenvalue weighted by atomic mass is 10.1. The van der Waals surface area contributed by atoms with Crippen molar-refractivity contribution < 1.29 is 8.42 Å². The van der Waals surface area contributed by atoms with E-state index in [0.29, 0.717) is 11.4 Å². The summed E-state index contributed by atoms with van der Waals surface area (Å²) in [7, 11) is -3.21. The normalized spacial score (nSPS) is 12.0. The van der Waals surface area contributed by atoms with Crippen LogP contribution in [0.25, 0.3) is 0 Å². The Hall–Kier alpha value is -0.940. The molecule has 1 N–H and O–H groups in total. The van der Waals surface area contributed by atoms with Crippen LogP contribution < -0.4 is 5.32 Å². The number of nitrogens with zero attached hydrogens (tertiary/aromatic N) is 1. The Morgan fingerprint density at radius 2 is 2.06 bits per heavy atom. The molecule has 0 aromatic carbocycles. The fourth-order valence-corrected chi connectivity index (χ4v) is 2.61. The standard InChI is InChI=1S/C12H20N2O2S/c1-4-13-5-6-17(15,16)12-7-11(10(2)3)8-14-9-12/h7-10,13H,4-6H2,1-3H3. The number of hydrogen-bond donors (Lipinski definition) is 1. The average molecular weight is 256 g/mol. The molecule has 96 valence electrons. The maximum absolute atomic E-state index is 12.0. The molecule has 0 amide bonds. The van der Waals surface area contributed by atoms with E-state index in [-0.39, 0.29) is 11.7 Å². The number of hydrogen-bond acceptors (Lipinski definition) is 4. The molecule has 17 heavy (non-hydrogen) atoms. The first kappa shape index (κ1) is 14.1. The summed E-state index contributed by atoms with van der Waals surface area (Å²) in [6.45, 7) is 7.25. The fraction of sp³-hybridized carbons (Fsp3) is 0.583. The Morgan fingerprint density at radius 3 is 2.65 bits per heavy atom. The minimum Gasteiger partial charge on any atom is -0.316 e. The summed E-state index contributed by atoms with van der Waals surface area (Å²) in [5.74, 6) is 0.399. The lowest BCUT2D eigenvalue weighted by Gasteiger charge is -2.08. The minimum absolute atomic E-state index is 0.115.